The SMILES string of the molecule is CCCCOc1cc(/C=C/c2c(OC)cc(OC)cc2OC)c(OCCCS(=O)(=O)O)cc1/C=C/c1c(OC)cc(OC)cc1OC. The average molecular weight is 673 g/mol. The fraction of sp³-hybridized carbons (Fsp3) is 0.371. The van der Waals surface area contributed by atoms with Crippen molar-refractivity contribution in [2.24, 2.45) is 0 Å². The molecule has 3 rings (SSSR count). The summed E-state index contributed by atoms with van der Waals surface area (Å²) in [6, 6.07) is 10.7. The molecule has 11 nitrogen and oxygen atoms in total. The molecule has 0 spiro atoms. The Balaban J connectivity index is 2.17. The lowest BCUT2D eigenvalue weighted by Gasteiger charge is -2.16. The van der Waals surface area contributed by atoms with Gasteiger partial charge in [0.05, 0.1) is 72.8 Å². The van der Waals surface area contributed by atoms with E-state index in [0.717, 1.165) is 12.8 Å². The molecule has 0 aliphatic heterocycles. The summed E-state index contributed by atoms with van der Waals surface area (Å²) in [5, 5.41) is 0. The summed E-state index contributed by atoms with van der Waals surface area (Å²) >= 11 is 0. The standard InChI is InChI=1S/C35H44O11S/c1-8-9-15-45-30-18-25(12-14-29-34(43-6)22-27(40-3)23-35(29)44-7)31(46-16-10-17-47(36,37)38)19-24(30)11-13-28-32(41-4)20-26(39-2)21-33(28)42-5/h11-14,18-23H,8-10,15-17H2,1-7H3,(H,36,37,38)/b13-11+,14-12+. The molecule has 256 valence electrons. The van der Waals surface area contributed by atoms with Crippen LogP contribution in [0.15, 0.2) is 36.4 Å². The van der Waals surface area contributed by atoms with E-state index in [9.17, 15) is 13.0 Å². The number of hydrogen-bond donors (Lipinski definition) is 1. The molecule has 12 heteroatoms. The Morgan fingerprint density at radius 1 is 0.553 bits per heavy atom. The summed E-state index contributed by atoms with van der Waals surface area (Å²) in [6.45, 7) is 2.61. The molecule has 0 fully saturated rings. The second kappa shape index (κ2) is 18.0. The van der Waals surface area contributed by atoms with Gasteiger partial charge in [-0.2, -0.15) is 8.42 Å². The van der Waals surface area contributed by atoms with E-state index in [1.807, 2.05) is 36.4 Å². The second-order valence-corrected chi connectivity index (χ2v) is 11.7. The van der Waals surface area contributed by atoms with Gasteiger partial charge >= 0.3 is 0 Å². The molecule has 0 aliphatic carbocycles. The number of unbranched alkanes of at least 4 members (excludes halogenated alkanes) is 1. The van der Waals surface area contributed by atoms with Gasteiger partial charge in [0.25, 0.3) is 10.1 Å². The van der Waals surface area contributed by atoms with Gasteiger partial charge in [0.1, 0.15) is 46.0 Å². The topological polar surface area (TPSA) is 128 Å². The van der Waals surface area contributed by atoms with Crippen LogP contribution in [-0.2, 0) is 10.1 Å². The molecule has 0 amide bonds. The third-order valence-electron chi connectivity index (χ3n) is 7.07. The van der Waals surface area contributed by atoms with Gasteiger partial charge in [-0.3, -0.25) is 4.55 Å². The van der Waals surface area contributed by atoms with Crippen molar-refractivity contribution in [2.75, 3.05) is 61.6 Å². The van der Waals surface area contributed by atoms with Gasteiger partial charge in [-0.05, 0) is 37.1 Å². The van der Waals surface area contributed by atoms with Crippen molar-refractivity contribution in [3.63, 3.8) is 0 Å². The first-order valence-corrected chi connectivity index (χ1v) is 16.6. The van der Waals surface area contributed by atoms with Crippen molar-refractivity contribution in [1.29, 1.82) is 0 Å². The summed E-state index contributed by atoms with van der Waals surface area (Å²) < 4.78 is 77.4. The zero-order valence-corrected chi connectivity index (χ0v) is 28.8. The summed E-state index contributed by atoms with van der Waals surface area (Å²) in [6.07, 6.45) is 9.26. The van der Waals surface area contributed by atoms with Crippen LogP contribution < -0.4 is 37.9 Å². The number of methoxy groups -OCH3 is 6. The highest BCUT2D eigenvalue weighted by atomic mass is 32.2. The second-order valence-electron chi connectivity index (χ2n) is 10.2. The Morgan fingerprint density at radius 3 is 1.26 bits per heavy atom. The van der Waals surface area contributed by atoms with Gasteiger partial charge in [0, 0.05) is 35.4 Å². The summed E-state index contributed by atoms with van der Waals surface area (Å²) in [5.74, 6) is 3.96. The number of rotatable bonds is 19. The molecule has 0 saturated heterocycles. The minimum absolute atomic E-state index is 0.0368. The highest BCUT2D eigenvalue weighted by molar-refractivity contribution is 7.85. The highest BCUT2D eigenvalue weighted by Crippen LogP contribution is 2.39. The number of ether oxygens (including phenoxy) is 8. The third-order valence-corrected chi connectivity index (χ3v) is 7.87. The predicted molar refractivity (Wildman–Crippen MR) is 183 cm³/mol. The van der Waals surface area contributed by atoms with E-state index in [-0.39, 0.29) is 13.0 Å². The summed E-state index contributed by atoms with van der Waals surface area (Å²) in [5.41, 5.74) is 2.71. The van der Waals surface area contributed by atoms with E-state index in [1.165, 1.54) is 0 Å². The molecule has 1 N–H and O–H groups in total. The van der Waals surface area contributed by atoms with E-state index >= 15 is 0 Å². The van der Waals surface area contributed by atoms with Crippen LogP contribution in [0.5, 0.6) is 46.0 Å². The Morgan fingerprint density at radius 2 is 0.936 bits per heavy atom. The normalized spacial score (nSPS) is 11.5. The molecule has 0 aromatic heterocycles. The first kappa shape index (κ1) is 36.9. The van der Waals surface area contributed by atoms with Gasteiger partial charge in [-0.15, -0.1) is 0 Å². The van der Waals surface area contributed by atoms with E-state index in [1.54, 1.807) is 66.9 Å². The van der Waals surface area contributed by atoms with Gasteiger partial charge in [0.15, 0.2) is 0 Å². The molecule has 3 aromatic rings. The van der Waals surface area contributed by atoms with E-state index in [4.69, 9.17) is 37.9 Å². The van der Waals surface area contributed by atoms with Crippen molar-refractivity contribution in [3.05, 3.63) is 58.7 Å². The molecule has 0 atom stereocenters. The Bertz CT molecular complexity index is 1600. The smallest absolute Gasteiger partial charge is 0.264 e. The number of hydrogen-bond acceptors (Lipinski definition) is 10. The van der Waals surface area contributed by atoms with Crippen molar-refractivity contribution in [2.45, 2.75) is 26.2 Å². The minimum Gasteiger partial charge on any atom is -0.496 e. The van der Waals surface area contributed by atoms with Crippen LogP contribution in [0, 0.1) is 0 Å². The zero-order chi connectivity index (χ0) is 34.4. The summed E-state index contributed by atoms with van der Waals surface area (Å²) in [7, 11) is 5.24. The van der Waals surface area contributed by atoms with Crippen LogP contribution in [0.4, 0.5) is 0 Å². The van der Waals surface area contributed by atoms with Crippen LogP contribution in [-0.4, -0.2) is 74.6 Å². The van der Waals surface area contributed by atoms with Crippen LogP contribution >= 0.6 is 0 Å². The van der Waals surface area contributed by atoms with Crippen LogP contribution in [0.3, 0.4) is 0 Å². The average Bonchev–Trinajstić information content (AvgIpc) is 3.07. The van der Waals surface area contributed by atoms with E-state index in [0.29, 0.717) is 74.9 Å². The van der Waals surface area contributed by atoms with Crippen LogP contribution in [0.1, 0.15) is 48.4 Å². The lowest BCUT2D eigenvalue weighted by Crippen LogP contribution is -2.09. The van der Waals surface area contributed by atoms with Crippen molar-refractivity contribution < 1.29 is 50.9 Å². The molecule has 0 bridgehead atoms. The maximum Gasteiger partial charge on any atom is 0.264 e. The molecule has 0 unspecified atom stereocenters. The summed E-state index contributed by atoms with van der Waals surface area (Å²) in [4.78, 5) is 0. The maximum atomic E-state index is 11.3. The maximum absolute atomic E-state index is 11.3. The monoisotopic (exact) mass is 672 g/mol. The minimum atomic E-state index is -4.14. The zero-order valence-electron chi connectivity index (χ0n) is 28.0. The molecule has 0 saturated carbocycles. The molecular weight excluding hydrogens is 628 g/mol. The van der Waals surface area contributed by atoms with Gasteiger partial charge in [0.2, 0.25) is 0 Å². The molecule has 0 heterocycles. The fourth-order valence-electron chi connectivity index (χ4n) is 4.59. The number of benzene rings is 3. The Hall–Kier alpha value is -4.55. The largest absolute Gasteiger partial charge is 0.496 e. The van der Waals surface area contributed by atoms with Crippen molar-refractivity contribution >= 4 is 34.4 Å². The third kappa shape index (κ3) is 10.5. The van der Waals surface area contributed by atoms with Crippen molar-refractivity contribution in [3.8, 4) is 46.0 Å². The Labute approximate surface area is 277 Å². The van der Waals surface area contributed by atoms with Crippen LogP contribution in [0.25, 0.3) is 24.3 Å². The molecule has 0 aliphatic rings. The van der Waals surface area contributed by atoms with Gasteiger partial charge < -0.3 is 37.9 Å². The predicted octanol–water partition coefficient (Wildman–Crippen LogP) is 6.91. The molecule has 47 heavy (non-hydrogen) atoms. The molecule has 3 aromatic carbocycles. The quantitative estimate of drug-likeness (QED) is 0.0810. The highest BCUT2D eigenvalue weighted by Gasteiger charge is 2.16. The van der Waals surface area contributed by atoms with Gasteiger partial charge in [-0.25, -0.2) is 0 Å². The fourth-order valence-corrected chi connectivity index (χ4v) is 5.07. The van der Waals surface area contributed by atoms with Crippen LogP contribution in [0.2, 0.25) is 0 Å². The lowest BCUT2D eigenvalue weighted by molar-refractivity contribution is 0.302. The molecular formula is C35H44O11S. The first-order chi connectivity index (χ1) is 22.6. The Kier molecular flexibility index (Phi) is 14.1. The van der Waals surface area contributed by atoms with Crippen molar-refractivity contribution in [1.82, 2.24) is 0 Å². The first-order valence-electron chi connectivity index (χ1n) is 15.0. The van der Waals surface area contributed by atoms with Gasteiger partial charge in [-0.1, -0.05) is 25.5 Å². The lowest BCUT2D eigenvalue weighted by atomic mass is 10.0. The molecule has 0 radical (unpaired) electrons. The van der Waals surface area contributed by atoms with E-state index in [2.05, 4.69) is 6.92 Å². The van der Waals surface area contributed by atoms with E-state index < -0.39 is 15.9 Å².